The number of halogens is 1. The van der Waals surface area contributed by atoms with Gasteiger partial charge in [0.05, 0.1) is 36.2 Å². The van der Waals surface area contributed by atoms with Crippen molar-refractivity contribution >= 4 is 27.5 Å². The highest BCUT2D eigenvalue weighted by molar-refractivity contribution is 7.89. The molecule has 1 amide bonds. The maximum Gasteiger partial charge on any atom is 0.243 e. The standard InChI is InChI=1S/C26H29ClN2O5S/c1-4-34-25-15-14-21(16-23(25)27)35(31,32)29(17-20-10-6-5-7-11-20)18-26(30)28-19(2)22-12-8-9-13-24(22)33-3/h5-16,19H,4,17-18H2,1-3H3,(H,28,30). The smallest absolute Gasteiger partial charge is 0.243 e. The lowest BCUT2D eigenvalue weighted by molar-refractivity contribution is -0.122. The average Bonchev–Trinajstić information content (AvgIpc) is 2.85. The number of carbonyl (C=O) groups is 1. The normalized spacial score (nSPS) is 12.3. The number of nitrogens with one attached hydrogen (secondary N) is 1. The molecule has 3 rings (SSSR count). The molecule has 3 aromatic rings. The van der Waals surface area contributed by atoms with E-state index in [0.29, 0.717) is 18.1 Å². The number of hydrogen-bond acceptors (Lipinski definition) is 5. The molecule has 0 aliphatic rings. The van der Waals surface area contributed by atoms with Gasteiger partial charge in [0, 0.05) is 12.1 Å². The molecule has 186 valence electrons. The summed E-state index contributed by atoms with van der Waals surface area (Å²) in [5.74, 6) is 0.587. The van der Waals surface area contributed by atoms with Crippen molar-refractivity contribution in [2.45, 2.75) is 31.3 Å². The molecule has 1 atom stereocenters. The van der Waals surface area contributed by atoms with Crippen LogP contribution in [0.4, 0.5) is 0 Å². The molecule has 0 aliphatic heterocycles. The summed E-state index contributed by atoms with van der Waals surface area (Å²) in [4.78, 5) is 13.0. The van der Waals surface area contributed by atoms with E-state index in [4.69, 9.17) is 21.1 Å². The second kappa shape index (κ2) is 12.1. The van der Waals surface area contributed by atoms with Crippen LogP contribution in [0.5, 0.6) is 11.5 Å². The highest BCUT2D eigenvalue weighted by Crippen LogP contribution is 2.29. The number of methoxy groups -OCH3 is 1. The van der Waals surface area contributed by atoms with Crippen molar-refractivity contribution in [2.75, 3.05) is 20.3 Å². The lowest BCUT2D eigenvalue weighted by atomic mass is 10.1. The first-order valence-electron chi connectivity index (χ1n) is 11.1. The number of sulfonamides is 1. The van der Waals surface area contributed by atoms with Gasteiger partial charge in [0.1, 0.15) is 11.5 Å². The Labute approximate surface area is 211 Å². The van der Waals surface area contributed by atoms with Crippen LogP contribution in [0.15, 0.2) is 77.7 Å². The molecule has 0 saturated heterocycles. The van der Waals surface area contributed by atoms with Crippen molar-refractivity contribution < 1.29 is 22.7 Å². The monoisotopic (exact) mass is 516 g/mol. The van der Waals surface area contributed by atoms with E-state index in [0.717, 1.165) is 15.4 Å². The first kappa shape index (κ1) is 26.5. The third-order valence-corrected chi connectivity index (χ3v) is 7.43. The molecule has 9 heteroatoms. The summed E-state index contributed by atoms with van der Waals surface area (Å²) in [6.45, 7) is 3.67. The Balaban J connectivity index is 1.86. The van der Waals surface area contributed by atoms with Crippen LogP contribution in [-0.2, 0) is 21.4 Å². The number of benzene rings is 3. The van der Waals surface area contributed by atoms with Gasteiger partial charge in [-0.15, -0.1) is 0 Å². The summed E-state index contributed by atoms with van der Waals surface area (Å²) >= 11 is 6.25. The third-order valence-electron chi connectivity index (χ3n) is 5.35. The van der Waals surface area contributed by atoms with E-state index in [1.165, 1.54) is 18.2 Å². The average molecular weight is 517 g/mol. The molecule has 0 radical (unpaired) electrons. The number of rotatable bonds is 11. The van der Waals surface area contributed by atoms with Gasteiger partial charge >= 0.3 is 0 Å². The van der Waals surface area contributed by atoms with E-state index < -0.39 is 15.9 Å². The molecular formula is C26H29ClN2O5S. The zero-order valence-corrected chi connectivity index (χ0v) is 21.5. The summed E-state index contributed by atoms with van der Waals surface area (Å²) < 4.78 is 39.1. The topological polar surface area (TPSA) is 84.9 Å². The van der Waals surface area contributed by atoms with E-state index >= 15 is 0 Å². The fourth-order valence-corrected chi connectivity index (χ4v) is 5.34. The zero-order valence-electron chi connectivity index (χ0n) is 19.9. The summed E-state index contributed by atoms with van der Waals surface area (Å²) in [5.41, 5.74) is 1.54. The minimum Gasteiger partial charge on any atom is -0.496 e. The minimum atomic E-state index is -4.05. The van der Waals surface area contributed by atoms with Crippen LogP contribution in [-0.4, -0.2) is 38.9 Å². The largest absolute Gasteiger partial charge is 0.496 e. The van der Waals surface area contributed by atoms with E-state index in [2.05, 4.69) is 5.32 Å². The quantitative estimate of drug-likeness (QED) is 0.395. The predicted octanol–water partition coefficient (Wildman–Crippen LogP) is 4.82. The summed E-state index contributed by atoms with van der Waals surface area (Å²) in [6, 6.07) is 20.3. The Hall–Kier alpha value is -3.07. The van der Waals surface area contributed by atoms with Gasteiger partial charge in [-0.05, 0) is 43.7 Å². The number of carbonyl (C=O) groups excluding carboxylic acids is 1. The second-order valence-electron chi connectivity index (χ2n) is 7.82. The molecule has 0 aromatic heterocycles. The Kier molecular flexibility index (Phi) is 9.14. The summed E-state index contributed by atoms with van der Waals surface area (Å²) in [7, 11) is -2.49. The van der Waals surface area contributed by atoms with E-state index in [9.17, 15) is 13.2 Å². The number of para-hydroxylation sites is 1. The molecule has 0 saturated carbocycles. The third kappa shape index (κ3) is 6.75. The van der Waals surface area contributed by atoms with Crippen molar-refractivity contribution in [1.82, 2.24) is 9.62 Å². The van der Waals surface area contributed by atoms with Crippen LogP contribution < -0.4 is 14.8 Å². The Morgan fingerprint density at radius 3 is 2.37 bits per heavy atom. The molecule has 1 unspecified atom stereocenters. The van der Waals surface area contributed by atoms with Crippen LogP contribution in [0, 0.1) is 0 Å². The van der Waals surface area contributed by atoms with Crippen LogP contribution in [0.3, 0.4) is 0 Å². The highest BCUT2D eigenvalue weighted by atomic mass is 35.5. The molecule has 3 aromatic carbocycles. The lowest BCUT2D eigenvalue weighted by Crippen LogP contribution is -2.41. The lowest BCUT2D eigenvalue weighted by Gasteiger charge is -2.24. The fraction of sp³-hybridized carbons (Fsp3) is 0.269. The van der Waals surface area contributed by atoms with Crippen molar-refractivity contribution in [2.24, 2.45) is 0 Å². The van der Waals surface area contributed by atoms with Crippen LogP contribution >= 0.6 is 11.6 Å². The van der Waals surface area contributed by atoms with Crippen LogP contribution in [0.1, 0.15) is 31.0 Å². The number of ether oxygens (including phenoxy) is 2. The number of hydrogen-bond donors (Lipinski definition) is 1. The summed E-state index contributed by atoms with van der Waals surface area (Å²) in [6.07, 6.45) is 0. The van der Waals surface area contributed by atoms with Crippen LogP contribution in [0.2, 0.25) is 5.02 Å². The summed E-state index contributed by atoms with van der Waals surface area (Å²) in [5, 5.41) is 3.06. The van der Waals surface area contributed by atoms with Crippen molar-refractivity contribution in [3.8, 4) is 11.5 Å². The molecule has 1 N–H and O–H groups in total. The fourth-order valence-electron chi connectivity index (χ4n) is 3.63. The predicted molar refractivity (Wildman–Crippen MR) is 136 cm³/mol. The maximum atomic E-state index is 13.6. The first-order chi connectivity index (χ1) is 16.8. The zero-order chi connectivity index (χ0) is 25.4. The second-order valence-corrected chi connectivity index (χ2v) is 10.2. The van der Waals surface area contributed by atoms with Gasteiger partial charge in [-0.3, -0.25) is 4.79 Å². The van der Waals surface area contributed by atoms with Gasteiger partial charge in [-0.2, -0.15) is 4.31 Å². The molecule has 0 spiro atoms. The molecular weight excluding hydrogens is 488 g/mol. The van der Waals surface area contributed by atoms with Gasteiger partial charge in [0.2, 0.25) is 15.9 Å². The van der Waals surface area contributed by atoms with Crippen molar-refractivity contribution in [3.63, 3.8) is 0 Å². The van der Waals surface area contributed by atoms with Crippen molar-refractivity contribution in [3.05, 3.63) is 88.9 Å². The molecule has 7 nitrogen and oxygen atoms in total. The van der Waals surface area contributed by atoms with Gasteiger partial charge in [-0.25, -0.2) is 8.42 Å². The van der Waals surface area contributed by atoms with Gasteiger partial charge in [-0.1, -0.05) is 60.1 Å². The molecule has 0 heterocycles. The number of nitrogens with zero attached hydrogens (tertiary/aromatic N) is 1. The van der Waals surface area contributed by atoms with Gasteiger partial charge < -0.3 is 14.8 Å². The maximum absolute atomic E-state index is 13.6. The first-order valence-corrected chi connectivity index (χ1v) is 13.0. The number of amides is 1. The highest BCUT2D eigenvalue weighted by Gasteiger charge is 2.28. The Bertz CT molecular complexity index is 1250. The van der Waals surface area contributed by atoms with Gasteiger partial charge in [0.15, 0.2) is 0 Å². The van der Waals surface area contributed by atoms with E-state index in [1.807, 2.05) is 62.4 Å². The molecule has 35 heavy (non-hydrogen) atoms. The van der Waals surface area contributed by atoms with E-state index in [-0.39, 0.29) is 29.0 Å². The van der Waals surface area contributed by atoms with Crippen molar-refractivity contribution in [1.29, 1.82) is 0 Å². The Morgan fingerprint density at radius 2 is 1.71 bits per heavy atom. The minimum absolute atomic E-state index is 0.0183. The van der Waals surface area contributed by atoms with E-state index in [1.54, 1.807) is 13.2 Å². The van der Waals surface area contributed by atoms with Crippen LogP contribution in [0.25, 0.3) is 0 Å². The Morgan fingerprint density at radius 1 is 1.03 bits per heavy atom. The molecule has 0 aliphatic carbocycles. The SMILES string of the molecule is CCOc1ccc(S(=O)(=O)N(CC(=O)NC(C)c2ccccc2OC)Cc2ccccc2)cc1Cl. The van der Waals surface area contributed by atoms with Gasteiger partial charge in [0.25, 0.3) is 0 Å². The molecule has 0 bridgehead atoms. The molecule has 0 fully saturated rings.